The number of benzene rings is 2. The van der Waals surface area contributed by atoms with Crippen molar-refractivity contribution < 1.29 is 13.0 Å². The van der Waals surface area contributed by atoms with E-state index in [0.717, 1.165) is 12.0 Å². The fourth-order valence-electron chi connectivity index (χ4n) is 5.49. The molecule has 1 aliphatic rings. The molecule has 0 saturated carbocycles. The van der Waals surface area contributed by atoms with Gasteiger partial charge in [-0.05, 0) is 43.5 Å². The number of allylic oxidation sites excluding steroid dienone is 2. The van der Waals surface area contributed by atoms with Gasteiger partial charge in [-0.15, -0.1) is 12.4 Å². The molecule has 5 nitrogen and oxygen atoms in total. The zero-order valence-electron chi connectivity index (χ0n) is 20.6. The first-order chi connectivity index (χ1) is 16.3. The number of nitrogens with zero attached hydrogens (tertiary/aromatic N) is 3. The molecule has 178 valence electrons. The molecule has 0 bridgehead atoms. The van der Waals surface area contributed by atoms with E-state index in [1.807, 2.05) is 31.2 Å². The Morgan fingerprint density at radius 2 is 1.85 bits per heavy atom. The monoisotopic (exact) mass is 475 g/mol. The van der Waals surface area contributed by atoms with E-state index in [4.69, 9.17) is 0 Å². The Hall–Kier alpha value is -2.90. The lowest BCUT2D eigenvalue weighted by Gasteiger charge is -2.43. The van der Waals surface area contributed by atoms with E-state index >= 15 is 0 Å². The number of sulfonamides is 1. The van der Waals surface area contributed by atoms with Crippen LogP contribution in [0.5, 0.6) is 0 Å². The lowest BCUT2D eigenvalue weighted by molar-refractivity contribution is -0.653. The highest BCUT2D eigenvalue weighted by molar-refractivity contribution is 7.89. The molecule has 1 aliphatic heterocycles. The summed E-state index contributed by atoms with van der Waals surface area (Å²) >= 11 is 0. The molecule has 0 spiro atoms. The summed E-state index contributed by atoms with van der Waals surface area (Å²) in [6.07, 6.45) is 8.95. The van der Waals surface area contributed by atoms with Crippen molar-refractivity contribution in [3.8, 4) is 0 Å². The number of aromatic nitrogens is 2. The third-order valence-corrected chi connectivity index (χ3v) is 9.17. The summed E-state index contributed by atoms with van der Waals surface area (Å²) in [5, 5.41) is 0. The second kappa shape index (κ2) is 10.2. The molecule has 1 fully saturated rings. The van der Waals surface area contributed by atoms with Gasteiger partial charge in [-0.25, -0.2) is 8.42 Å². The maximum Gasteiger partial charge on any atom is 0.243 e. The SMILES string of the molecule is C=CC/C=C1/CN(S(=O)(=O)c2ccc(C)cc2)C[C@H]([BH2-]c2n(C)cc[n+]2C)[C@H]1c1ccccc1. The molecule has 3 aromatic rings. The minimum atomic E-state index is -3.60. The van der Waals surface area contributed by atoms with Crippen LogP contribution in [0.2, 0.25) is 5.82 Å². The molecule has 0 aliphatic carbocycles. The predicted molar refractivity (Wildman–Crippen MR) is 141 cm³/mol. The molecule has 0 N–H and O–H groups in total. The van der Waals surface area contributed by atoms with Gasteiger partial charge in [0, 0.05) is 6.54 Å². The molecule has 0 radical (unpaired) electrons. The van der Waals surface area contributed by atoms with Crippen LogP contribution in [0.1, 0.15) is 23.5 Å². The van der Waals surface area contributed by atoms with Gasteiger partial charge < -0.3 is 0 Å². The summed E-state index contributed by atoms with van der Waals surface area (Å²) in [4.78, 5) is 0.363. The molecule has 0 unspecified atom stereocenters. The van der Waals surface area contributed by atoms with Gasteiger partial charge >= 0.3 is 0 Å². The number of imidazole rings is 1. The highest BCUT2D eigenvalue weighted by atomic mass is 32.2. The average molecular weight is 475 g/mol. The highest BCUT2D eigenvalue weighted by Crippen LogP contribution is 2.42. The van der Waals surface area contributed by atoms with Crippen LogP contribution < -0.4 is 10.3 Å². The number of aryl methyl sites for hydroxylation is 3. The molecular weight excluding hydrogens is 441 g/mol. The Labute approximate surface area is 204 Å². The third-order valence-electron chi connectivity index (χ3n) is 7.35. The van der Waals surface area contributed by atoms with Crippen molar-refractivity contribution in [2.75, 3.05) is 13.1 Å². The van der Waals surface area contributed by atoms with E-state index in [2.05, 4.69) is 72.5 Å². The molecule has 4 rings (SSSR count). The molecule has 34 heavy (non-hydrogen) atoms. The summed E-state index contributed by atoms with van der Waals surface area (Å²) < 4.78 is 33.5. The molecule has 2 aromatic carbocycles. The van der Waals surface area contributed by atoms with E-state index in [1.54, 1.807) is 16.4 Å². The number of rotatable bonds is 7. The van der Waals surface area contributed by atoms with Gasteiger partial charge in [0.15, 0.2) is 0 Å². The molecule has 2 heterocycles. The fraction of sp³-hybridized carbons (Fsp3) is 0.296. The smallest absolute Gasteiger partial charge is 0.243 e. The topological polar surface area (TPSA) is 46.2 Å². The quantitative estimate of drug-likeness (QED) is 0.300. The van der Waals surface area contributed by atoms with Crippen molar-refractivity contribution in [2.45, 2.75) is 30.0 Å². The van der Waals surface area contributed by atoms with Crippen LogP contribution in [-0.4, -0.2) is 37.7 Å². The highest BCUT2D eigenvalue weighted by Gasteiger charge is 2.37. The van der Waals surface area contributed by atoms with Gasteiger partial charge in [0.05, 0.1) is 32.0 Å². The standard InChI is InChI=1S/C27H34BN3O2S/c1-5-6-10-23-19-31(34(32,33)24-15-13-21(2)14-16-24)20-25(26(23)22-11-8-7-9-12-22)28-27-29(3)17-18-30(27)4/h5,7-18,25-26H,1,6,19-20,28H2,2-4H3/b23-10-/t25-,26-/m0/s1. The summed E-state index contributed by atoms with van der Waals surface area (Å²) in [5.74, 6) is 0.410. The second-order valence-electron chi connectivity index (χ2n) is 9.64. The van der Waals surface area contributed by atoms with E-state index in [1.165, 1.54) is 16.9 Å². The molecule has 1 aromatic heterocycles. The van der Waals surface area contributed by atoms with Crippen molar-refractivity contribution in [3.05, 3.63) is 102 Å². The largest absolute Gasteiger partial charge is 0.274 e. The minimum Gasteiger partial charge on any atom is -0.274 e. The summed E-state index contributed by atoms with van der Waals surface area (Å²) in [6, 6.07) is 17.7. The maximum absolute atomic E-state index is 13.7. The first-order valence-corrected chi connectivity index (χ1v) is 13.5. The van der Waals surface area contributed by atoms with Gasteiger partial charge in [0.2, 0.25) is 10.0 Å². The number of hydrogen-bond acceptors (Lipinski definition) is 2. The van der Waals surface area contributed by atoms with Crippen LogP contribution in [-0.2, 0) is 24.1 Å². The van der Waals surface area contributed by atoms with E-state index in [-0.39, 0.29) is 11.7 Å². The first kappa shape index (κ1) is 24.2. The van der Waals surface area contributed by atoms with Crippen molar-refractivity contribution in [3.63, 3.8) is 0 Å². The molecule has 2 atom stereocenters. The van der Waals surface area contributed by atoms with E-state index < -0.39 is 17.3 Å². The second-order valence-corrected chi connectivity index (χ2v) is 11.6. The van der Waals surface area contributed by atoms with E-state index in [9.17, 15) is 8.42 Å². The summed E-state index contributed by atoms with van der Waals surface area (Å²) in [5.41, 5.74) is 4.77. The van der Waals surface area contributed by atoms with Gasteiger partial charge in [-0.3, -0.25) is 9.13 Å². The lowest BCUT2D eigenvalue weighted by Crippen LogP contribution is -2.54. The van der Waals surface area contributed by atoms with Gasteiger partial charge in [-0.1, -0.05) is 65.8 Å². The van der Waals surface area contributed by atoms with Crippen molar-refractivity contribution in [2.24, 2.45) is 14.1 Å². The van der Waals surface area contributed by atoms with Crippen molar-refractivity contribution >= 4 is 23.0 Å². The Bertz CT molecular complexity index is 1260. The van der Waals surface area contributed by atoms with Gasteiger partial charge in [0.25, 0.3) is 0 Å². The molecule has 0 amide bonds. The van der Waals surface area contributed by atoms with Crippen LogP contribution in [0.3, 0.4) is 0 Å². The minimum absolute atomic E-state index is 0.195. The Morgan fingerprint density at radius 1 is 1.15 bits per heavy atom. The van der Waals surface area contributed by atoms with Crippen LogP contribution >= 0.6 is 0 Å². The van der Waals surface area contributed by atoms with Gasteiger partial charge in [0.1, 0.15) is 12.4 Å². The molecule has 7 heteroatoms. The van der Waals surface area contributed by atoms with Crippen LogP contribution in [0.25, 0.3) is 0 Å². The number of hydrogen-bond donors (Lipinski definition) is 0. The van der Waals surface area contributed by atoms with Crippen molar-refractivity contribution in [1.29, 1.82) is 0 Å². The van der Waals surface area contributed by atoms with Crippen molar-refractivity contribution in [1.82, 2.24) is 8.87 Å². The maximum atomic E-state index is 13.7. The lowest BCUT2D eigenvalue weighted by atomic mass is 9.54. The average Bonchev–Trinajstić information content (AvgIpc) is 3.15. The molecule has 1 saturated heterocycles. The zero-order valence-corrected chi connectivity index (χ0v) is 21.4. The zero-order chi connectivity index (χ0) is 24.3. The number of piperidine rings is 1. The first-order valence-electron chi connectivity index (χ1n) is 12.0. The Kier molecular flexibility index (Phi) is 7.24. The fourth-order valence-corrected chi connectivity index (χ4v) is 7.02. The summed E-state index contributed by atoms with van der Waals surface area (Å²) in [7, 11) is -0.127. The Balaban J connectivity index is 1.79. The molecular formula is C27H34BN3O2S. The van der Waals surface area contributed by atoms with Crippen LogP contribution in [0.4, 0.5) is 0 Å². The van der Waals surface area contributed by atoms with Gasteiger partial charge in [-0.2, -0.15) is 4.31 Å². The normalized spacial score (nSPS) is 20.5. The predicted octanol–water partition coefficient (Wildman–Crippen LogP) is 2.73. The van der Waals surface area contributed by atoms with Crippen LogP contribution in [0, 0.1) is 6.92 Å². The van der Waals surface area contributed by atoms with Crippen LogP contribution in [0.15, 0.2) is 96.2 Å². The van der Waals surface area contributed by atoms with E-state index in [0.29, 0.717) is 18.0 Å². The summed E-state index contributed by atoms with van der Waals surface area (Å²) in [6.45, 7) is 6.79. The third kappa shape index (κ3) is 4.96. The Morgan fingerprint density at radius 3 is 2.47 bits per heavy atom.